The molecule has 136 valence electrons. The first-order valence-corrected chi connectivity index (χ1v) is 6.46. The van der Waals surface area contributed by atoms with E-state index in [4.69, 9.17) is 0 Å². The van der Waals surface area contributed by atoms with Crippen molar-refractivity contribution >= 4 is 48.3 Å². The summed E-state index contributed by atoms with van der Waals surface area (Å²) in [6, 6.07) is 0. The molecule has 0 rings (SSSR count). The zero-order valence-electron chi connectivity index (χ0n) is 14.6. The molecule has 0 aromatic heterocycles. The van der Waals surface area contributed by atoms with Crippen LogP contribution in [0.1, 0.15) is 53.4 Å². The number of ketones is 4. The van der Waals surface area contributed by atoms with Crippen molar-refractivity contribution in [3.63, 3.8) is 0 Å². The van der Waals surface area contributed by atoms with E-state index in [-0.39, 0.29) is 75.0 Å². The van der Waals surface area contributed by atoms with Crippen LogP contribution in [0.5, 0.6) is 0 Å². The first-order chi connectivity index (χ1) is 11.1. The predicted octanol–water partition coefficient (Wildman–Crippen LogP) is 0.298. The average molecular weight is 432 g/mol. The number of hydrogen-bond donors (Lipinski definition) is 0. The Balaban J connectivity index is -0.0000000702. The van der Waals surface area contributed by atoms with Gasteiger partial charge in [0.25, 0.3) is 0 Å². The van der Waals surface area contributed by atoms with Gasteiger partial charge >= 0.3 is 26.2 Å². The van der Waals surface area contributed by atoms with Crippen LogP contribution in [0.4, 0.5) is 0 Å². The third-order valence-electron chi connectivity index (χ3n) is 1.28. The molecule has 0 heterocycles. The number of carbonyl (C=O) groups is 4. The van der Waals surface area contributed by atoms with Gasteiger partial charge in [-0.25, -0.2) is 0 Å². The normalized spacial score (nSPS) is 7.20. The van der Waals surface area contributed by atoms with Crippen molar-refractivity contribution in [2.24, 2.45) is 0 Å². The molecular weight excluding hydrogens is 411 g/mol. The van der Waals surface area contributed by atoms with E-state index in [2.05, 4.69) is 0 Å². The largest absolute Gasteiger partial charge is 4.00 e. The van der Waals surface area contributed by atoms with Crippen LogP contribution in [0.2, 0.25) is 0 Å². The maximum absolute atomic E-state index is 9.78. The molecule has 0 aliphatic heterocycles. The van der Waals surface area contributed by atoms with E-state index >= 15 is 0 Å². The van der Waals surface area contributed by atoms with E-state index in [0.717, 1.165) is 0 Å². The number of rotatable bonds is 8. The van der Waals surface area contributed by atoms with E-state index in [1.165, 1.54) is 52.8 Å². The van der Waals surface area contributed by atoms with E-state index in [9.17, 15) is 38.4 Å². The second kappa shape index (κ2) is 30.2. The van der Waals surface area contributed by atoms with Gasteiger partial charge in [-0.1, -0.05) is 25.7 Å². The van der Waals surface area contributed by atoms with Crippen molar-refractivity contribution < 1.29 is 64.6 Å². The summed E-state index contributed by atoms with van der Waals surface area (Å²) in [5.41, 5.74) is 0. The molecule has 0 aliphatic rings. The van der Waals surface area contributed by atoms with Crippen molar-refractivity contribution in [1.29, 1.82) is 0 Å². The molecule has 0 radical (unpaired) electrons. The van der Waals surface area contributed by atoms with Gasteiger partial charge in [0.1, 0.15) is 23.1 Å². The zero-order chi connectivity index (χ0) is 20.0. The van der Waals surface area contributed by atoms with Crippen LogP contribution in [0, 0.1) is 0 Å². The Kier molecular flexibility index (Phi) is 41.7. The fraction of sp³-hybridized carbons (Fsp3) is 0.500. The summed E-state index contributed by atoms with van der Waals surface area (Å²) in [4.78, 5) is 76.2. The summed E-state index contributed by atoms with van der Waals surface area (Å²) in [5, 5.41) is 0. The van der Waals surface area contributed by atoms with Crippen molar-refractivity contribution in [2.45, 2.75) is 53.4 Å². The Morgan fingerprint density at radius 3 is 0.600 bits per heavy atom. The molecule has 0 saturated heterocycles. The third kappa shape index (κ3) is 86.9. The molecule has 0 N–H and O–H groups in total. The Morgan fingerprint density at radius 1 is 0.480 bits per heavy atom. The van der Waals surface area contributed by atoms with E-state index < -0.39 is 0 Å². The first kappa shape index (κ1) is 34.6. The SMILES string of the molecule is CC(=O)C[C-]=O.CC(=O)C[C-]=O.CC(=O)C[C-]=O.CC(=O)C[C-]=O.[Zr+4]. The fourth-order valence-corrected chi connectivity index (χ4v) is 0.407. The van der Waals surface area contributed by atoms with Gasteiger partial charge in [-0.2, -0.15) is 0 Å². The molecule has 0 aliphatic carbocycles. The second-order valence-electron chi connectivity index (χ2n) is 4.09. The number of hydrogen-bond acceptors (Lipinski definition) is 8. The van der Waals surface area contributed by atoms with Gasteiger partial charge in [-0.05, 0) is 27.7 Å². The Hall–Kier alpha value is -1.76. The van der Waals surface area contributed by atoms with E-state index in [1.807, 2.05) is 0 Å². The average Bonchev–Trinajstić information content (AvgIpc) is 2.39. The van der Waals surface area contributed by atoms with Gasteiger partial charge in [-0.15, -0.1) is 0 Å². The molecule has 0 unspecified atom stereocenters. The van der Waals surface area contributed by atoms with Crippen LogP contribution in [-0.2, 0) is 64.6 Å². The van der Waals surface area contributed by atoms with Crippen LogP contribution in [0.3, 0.4) is 0 Å². The van der Waals surface area contributed by atoms with Crippen molar-refractivity contribution in [2.75, 3.05) is 0 Å². The fourth-order valence-electron chi connectivity index (χ4n) is 0.407. The number of carbonyl (C=O) groups excluding carboxylic acids is 8. The summed E-state index contributed by atoms with van der Waals surface area (Å²) >= 11 is 0. The molecule has 8 nitrogen and oxygen atoms in total. The van der Waals surface area contributed by atoms with Gasteiger partial charge in [0.15, 0.2) is 0 Å². The van der Waals surface area contributed by atoms with E-state index in [1.54, 1.807) is 0 Å². The van der Waals surface area contributed by atoms with Crippen molar-refractivity contribution in [3.05, 3.63) is 0 Å². The first-order valence-electron chi connectivity index (χ1n) is 6.46. The van der Waals surface area contributed by atoms with Gasteiger partial charge in [-0.3, -0.25) is 25.1 Å². The molecule has 0 aromatic rings. The standard InChI is InChI=1S/4C4H5O2.Zr/c4*1-4(6)2-3-5;/h4*2H2,1H3;/q4*-1;+4. The Labute approximate surface area is 166 Å². The predicted molar refractivity (Wildman–Crippen MR) is 84.0 cm³/mol. The topological polar surface area (TPSA) is 137 Å². The molecule has 25 heavy (non-hydrogen) atoms. The zero-order valence-corrected chi connectivity index (χ0v) is 17.1. The van der Waals surface area contributed by atoms with Crippen molar-refractivity contribution in [3.8, 4) is 0 Å². The second-order valence-corrected chi connectivity index (χ2v) is 4.09. The molecule has 9 heteroatoms. The van der Waals surface area contributed by atoms with Gasteiger partial charge in [0, 0.05) is 0 Å². The van der Waals surface area contributed by atoms with Gasteiger partial charge in [0.05, 0.1) is 0 Å². The molecule has 0 atom stereocenters. The van der Waals surface area contributed by atoms with Crippen LogP contribution < -0.4 is 0 Å². The number of Topliss-reactive ketones (excluding diaryl/α,β-unsaturated/α-hetero) is 4. The molecule has 0 spiro atoms. The molecular formula is C16H20O8Zr. The smallest absolute Gasteiger partial charge is 0.541 e. The minimum atomic E-state index is -0.134. The van der Waals surface area contributed by atoms with Gasteiger partial charge in [0.2, 0.25) is 0 Å². The minimum Gasteiger partial charge on any atom is -0.541 e. The minimum absolute atomic E-state index is 0. The quantitative estimate of drug-likeness (QED) is 0.395. The summed E-state index contributed by atoms with van der Waals surface area (Å²) < 4.78 is 0. The molecule has 0 bridgehead atoms. The maximum atomic E-state index is 9.78. The molecule has 0 saturated carbocycles. The third-order valence-corrected chi connectivity index (χ3v) is 1.28. The van der Waals surface area contributed by atoms with Gasteiger partial charge < -0.3 is 38.4 Å². The molecule has 0 amide bonds. The summed E-state index contributed by atoms with van der Waals surface area (Å²) in [5.74, 6) is -0.537. The monoisotopic (exact) mass is 430 g/mol. The van der Waals surface area contributed by atoms with E-state index in [0.29, 0.717) is 0 Å². The van der Waals surface area contributed by atoms with Crippen molar-refractivity contribution in [1.82, 2.24) is 0 Å². The van der Waals surface area contributed by atoms with Crippen LogP contribution in [-0.4, -0.2) is 48.3 Å². The maximum Gasteiger partial charge on any atom is 4.00 e. The summed E-state index contributed by atoms with van der Waals surface area (Å²) in [6.07, 6.45) is 5.59. The van der Waals surface area contributed by atoms with Crippen LogP contribution in [0.25, 0.3) is 0 Å². The summed E-state index contributed by atoms with van der Waals surface area (Å²) in [7, 11) is 0. The van der Waals surface area contributed by atoms with Crippen LogP contribution in [0.15, 0.2) is 0 Å². The Morgan fingerprint density at radius 2 is 0.600 bits per heavy atom. The Bertz CT molecular complexity index is 350. The summed E-state index contributed by atoms with van der Waals surface area (Å²) in [6.45, 7) is 5.41. The molecule has 0 aromatic carbocycles. The van der Waals surface area contributed by atoms with Crippen LogP contribution >= 0.6 is 0 Å². The molecule has 0 fully saturated rings.